The highest BCUT2D eigenvalue weighted by Gasteiger charge is 2.14. The van der Waals surface area contributed by atoms with Crippen LogP contribution in [0.1, 0.15) is 47.8 Å². The van der Waals surface area contributed by atoms with Crippen LogP contribution in [0.5, 0.6) is 11.8 Å². The molecule has 0 aliphatic heterocycles. The molecule has 0 saturated carbocycles. The van der Waals surface area contributed by atoms with Gasteiger partial charge >= 0.3 is 12.0 Å². The molecule has 1 aromatic heterocycles. The van der Waals surface area contributed by atoms with Gasteiger partial charge < -0.3 is 9.84 Å². The van der Waals surface area contributed by atoms with Crippen LogP contribution < -0.4 is 4.74 Å². The van der Waals surface area contributed by atoms with Crippen LogP contribution in [0, 0.1) is 6.92 Å². The number of carboxylic acid groups (broad SMARTS) is 1. The van der Waals surface area contributed by atoms with E-state index in [4.69, 9.17) is 9.84 Å². The van der Waals surface area contributed by atoms with Gasteiger partial charge in [0.25, 0.3) is 0 Å². The monoisotopic (exact) mass is 286 g/mol. The van der Waals surface area contributed by atoms with E-state index in [1.54, 1.807) is 6.92 Å². The van der Waals surface area contributed by atoms with E-state index >= 15 is 0 Å². The van der Waals surface area contributed by atoms with Crippen molar-refractivity contribution in [3.05, 3.63) is 47.3 Å². The van der Waals surface area contributed by atoms with Gasteiger partial charge in [0.05, 0.1) is 11.3 Å². The number of nitrogens with zero attached hydrogens (tertiary/aromatic N) is 2. The number of carbonyl (C=O) groups is 1. The van der Waals surface area contributed by atoms with Gasteiger partial charge in [-0.15, -0.1) is 0 Å². The van der Waals surface area contributed by atoms with E-state index in [-0.39, 0.29) is 11.6 Å². The maximum Gasteiger partial charge on any atom is 0.339 e. The Bertz CT molecular complexity index is 656. The van der Waals surface area contributed by atoms with Crippen LogP contribution in [0.2, 0.25) is 0 Å². The summed E-state index contributed by atoms with van der Waals surface area (Å²) in [5, 5.41) is 8.97. The van der Waals surface area contributed by atoms with Crippen LogP contribution in [0.4, 0.5) is 0 Å². The van der Waals surface area contributed by atoms with E-state index in [0.29, 0.717) is 17.4 Å². The summed E-state index contributed by atoms with van der Waals surface area (Å²) < 4.78 is 5.73. The largest absolute Gasteiger partial charge is 0.478 e. The molecule has 1 N–H and O–H groups in total. The van der Waals surface area contributed by atoms with Crippen LogP contribution in [0.15, 0.2) is 30.5 Å². The number of aromatic nitrogens is 2. The molecule has 0 saturated heterocycles. The molecule has 0 radical (unpaired) electrons. The van der Waals surface area contributed by atoms with Gasteiger partial charge in [-0.3, -0.25) is 0 Å². The molecule has 1 atom stereocenters. The molecular formula is C16H18N2O3. The summed E-state index contributed by atoms with van der Waals surface area (Å²) in [6.45, 7) is 5.87. The van der Waals surface area contributed by atoms with Gasteiger partial charge in [-0.05, 0) is 30.9 Å². The predicted octanol–water partition coefficient (Wildman–Crippen LogP) is 3.79. The summed E-state index contributed by atoms with van der Waals surface area (Å²) in [4.78, 5) is 19.0. The van der Waals surface area contributed by atoms with Gasteiger partial charge in [0.15, 0.2) is 0 Å². The van der Waals surface area contributed by atoms with Crippen LogP contribution in [0.25, 0.3) is 0 Å². The molecule has 1 unspecified atom stereocenters. The molecule has 5 heteroatoms. The van der Waals surface area contributed by atoms with Crippen molar-refractivity contribution in [3.8, 4) is 11.8 Å². The second-order valence-electron chi connectivity index (χ2n) is 4.91. The van der Waals surface area contributed by atoms with Crippen molar-refractivity contribution in [2.75, 3.05) is 0 Å². The zero-order valence-corrected chi connectivity index (χ0v) is 12.3. The van der Waals surface area contributed by atoms with E-state index in [1.807, 2.05) is 24.3 Å². The average Bonchev–Trinajstić information content (AvgIpc) is 2.46. The second kappa shape index (κ2) is 6.35. The van der Waals surface area contributed by atoms with E-state index in [2.05, 4.69) is 23.8 Å². The lowest BCUT2D eigenvalue weighted by atomic mass is 9.98. The number of benzene rings is 1. The molecule has 0 amide bonds. The predicted molar refractivity (Wildman–Crippen MR) is 79.0 cm³/mol. The Morgan fingerprint density at radius 3 is 2.71 bits per heavy atom. The lowest BCUT2D eigenvalue weighted by Gasteiger charge is -2.14. The smallest absolute Gasteiger partial charge is 0.339 e. The van der Waals surface area contributed by atoms with Gasteiger partial charge in [-0.1, -0.05) is 32.0 Å². The summed E-state index contributed by atoms with van der Waals surface area (Å²) in [5.74, 6) is 0.0222. The SMILES string of the molecule is CCC(C)c1ccccc1Oc1ncc(C(=O)O)c(C)n1. The highest BCUT2D eigenvalue weighted by molar-refractivity contribution is 5.88. The molecular weight excluding hydrogens is 268 g/mol. The molecule has 0 fully saturated rings. The summed E-state index contributed by atoms with van der Waals surface area (Å²) >= 11 is 0. The third-order valence-corrected chi connectivity index (χ3v) is 3.45. The summed E-state index contributed by atoms with van der Waals surface area (Å²) in [7, 11) is 0. The first-order valence-electron chi connectivity index (χ1n) is 6.86. The number of rotatable bonds is 5. The quantitative estimate of drug-likeness (QED) is 0.905. The van der Waals surface area contributed by atoms with Gasteiger partial charge in [0.1, 0.15) is 5.75 Å². The summed E-state index contributed by atoms with van der Waals surface area (Å²) in [6, 6.07) is 7.90. The Kier molecular flexibility index (Phi) is 4.52. The van der Waals surface area contributed by atoms with Gasteiger partial charge in [-0.2, -0.15) is 4.98 Å². The molecule has 0 aliphatic rings. The zero-order valence-electron chi connectivity index (χ0n) is 12.3. The minimum absolute atomic E-state index is 0.0811. The Hall–Kier alpha value is -2.43. The van der Waals surface area contributed by atoms with Crippen molar-refractivity contribution in [2.24, 2.45) is 0 Å². The van der Waals surface area contributed by atoms with Crippen molar-refractivity contribution in [1.82, 2.24) is 9.97 Å². The number of aromatic carboxylic acids is 1. The van der Waals surface area contributed by atoms with Crippen molar-refractivity contribution < 1.29 is 14.6 Å². The van der Waals surface area contributed by atoms with Crippen LogP contribution in [-0.4, -0.2) is 21.0 Å². The first kappa shape index (κ1) is 15.0. The van der Waals surface area contributed by atoms with Crippen LogP contribution in [-0.2, 0) is 0 Å². The number of carboxylic acids is 1. The number of para-hydroxylation sites is 1. The molecule has 1 aromatic carbocycles. The summed E-state index contributed by atoms with van der Waals surface area (Å²) in [6.07, 6.45) is 2.27. The normalized spacial score (nSPS) is 12.0. The number of hydrogen-bond donors (Lipinski definition) is 1. The molecule has 5 nitrogen and oxygen atoms in total. The number of aryl methyl sites for hydroxylation is 1. The van der Waals surface area contributed by atoms with E-state index in [1.165, 1.54) is 6.20 Å². The maximum absolute atomic E-state index is 11.0. The topological polar surface area (TPSA) is 72.3 Å². The highest BCUT2D eigenvalue weighted by Crippen LogP contribution is 2.30. The fourth-order valence-electron chi connectivity index (χ4n) is 2.00. The lowest BCUT2D eigenvalue weighted by Crippen LogP contribution is -2.05. The van der Waals surface area contributed by atoms with Crippen molar-refractivity contribution in [2.45, 2.75) is 33.1 Å². The molecule has 0 bridgehead atoms. The highest BCUT2D eigenvalue weighted by atomic mass is 16.5. The molecule has 2 aromatic rings. The minimum Gasteiger partial charge on any atom is -0.478 e. The lowest BCUT2D eigenvalue weighted by molar-refractivity contribution is 0.0695. The third kappa shape index (κ3) is 3.37. The molecule has 0 aliphatic carbocycles. The fraction of sp³-hybridized carbons (Fsp3) is 0.312. The average molecular weight is 286 g/mol. The molecule has 110 valence electrons. The Labute approximate surface area is 123 Å². The molecule has 21 heavy (non-hydrogen) atoms. The first-order chi connectivity index (χ1) is 10.0. The molecule has 1 heterocycles. The molecule has 0 spiro atoms. The van der Waals surface area contributed by atoms with Crippen LogP contribution >= 0.6 is 0 Å². The van der Waals surface area contributed by atoms with Crippen molar-refractivity contribution in [1.29, 1.82) is 0 Å². The van der Waals surface area contributed by atoms with Gasteiger partial charge in [-0.25, -0.2) is 9.78 Å². The third-order valence-electron chi connectivity index (χ3n) is 3.45. The van der Waals surface area contributed by atoms with E-state index < -0.39 is 5.97 Å². The van der Waals surface area contributed by atoms with Crippen molar-refractivity contribution >= 4 is 5.97 Å². The summed E-state index contributed by atoms with van der Waals surface area (Å²) in [5.41, 5.74) is 1.55. The fourth-order valence-corrected chi connectivity index (χ4v) is 2.00. The second-order valence-corrected chi connectivity index (χ2v) is 4.91. The zero-order chi connectivity index (χ0) is 15.4. The first-order valence-corrected chi connectivity index (χ1v) is 6.86. The van der Waals surface area contributed by atoms with Crippen LogP contribution in [0.3, 0.4) is 0 Å². The standard InChI is InChI=1S/C16H18N2O3/c1-4-10(2)12-7-5-6-8-14(12)21-16-17-9-13(15(19)20)11(3)18-16/h5-10H,4H2,1-3H3,(H,19,20). The number of ether oxygens (including phenoxy) is 1. The van der Waals surface area contributed by atoms with Gasteiger partial charge in [0, 0.05) is 6.20 Å². The Balaban J connectivity index is 2.31. The Morgan fingerprint density at radius 2 is 2.10 bits per heavy atom. The number of hydrogen-bond acceptors (Lipinski definition) is 4. The van der Waals surface area contributed by atoms with Crippen molar-refractivity contribution in [3.63, 3.8) is 0 Å². The molecule has 2 rings (SSSR count). The minimum atomic E-state index is -1.04. The van der Waals surface area contributed by atoms with Gasteiger partial charge in [0.2, 0.25) is 0 Å². The van der Waals surface area contributed by atoms with E-state index in [9.17, 15) is 4.79 Å². The Morgan fingerprint density at radius 1 is 1.38 bits per heavy atom. The van der Waals surface area contributed by atoms with E-state index in [0.717, 1.165) is 12.0 Å². The maximum atomic E-state index is 11.0.